The average Bonchev–Trinajstić information content (AvgIpc) is 2.22. The van der Waals surface area contributed by atoms with E-state index in [4.69, 9.17) is 4.74 Å². The van der Waals surface area contributed by atoms with Gasteiger partial charge in [-0.1, -0.05) is 24.3 Å². The number of hydrogen-bond acceptors (Lipinski definition) is 2. The molecule has 15 heavy (non-hydrogen) atoms. The molecule has 0 heterocycles. The predicted molar refractivity (Wildman–Crippen MR) is 59.4 cm³/mol. The molecule has 0 aromatic heterocycles. The third-order valence-electron chi connectivity index (χ3n) is 2.14. The Morgan fingerprint density at radius 3 is 2.53 bits per heavy atom. The molecular formula is C13H12O2. The molecule has 0 radical (unpaired) electrons. The highest BCUT2D eigenvalue weighted by Crippen LogP contribution is 2.26. The fraction of sp³-hybridized carbons (Fsp3) is 0.0769. The number of rotatable bonds is 2. The molecule has 0 aliphatic rings. The van der Waals surface area contributed by atoms with Crippen molar-refractivity contribution in [1.29, 1.82) is 0 Å². The Kier molecular flexibility index (Phi) is 2.59. The molecule has 0 fully saturated rings. The first kappa shape index (κ1) is 9.59. The second kappa shape index (κ2) is 4.05. The molecule has 0 aliphatic carbocycles. The van der Waals surface area contributed by atoms with Crippen molar-refractivity contribution >= 4 is 0 Å². The number of phenols is 1. The van der Waals surface area contributed by atoms with Gasteiger partial charge in [-0.3, -0.25) is 0 Å². The summed E-state index contributed by atoms with van der Waals surface area (Å²) in [6, 6.07) is 14.5. The highest BCUT2D eigenvalue weighted by molar-refractivity contribution is 5.39. The van der Waals surface area contributed by atoms with E-state index in [-0.39, 0.29) is 5.75 Å². The molecule has 0 aliphatic heterocycles. The zero-order chi connectivity index (χ0) is 10.7. The number of para-hydroxylation sites is 1. The van der Waals surface area contributed by atoms with Gasteiger partial charge >= 0.3 is 0 Å². The van der Waals surface area contributed by atoms with Crippen molar-refractivity contribution in [3.8, 4) is 17.2 Å². The average molecular weight is 200 g/mol. The van der Waals surface area contributed by atoms with E-state index in [0.717, 1.165) is 11.3 Å². The van der Waals surface area contributed by atoms with Crippen LogP contribution in [-0.2, 0) is 0 Å². The summed E-state index contributed by atoms with van der Waals surface area (Å²) in [5, 5.41) is 9.28. The molecule has 2 aromatic rings. The van der Waals surface area contributed by atoms with Crippen LogP contribution in [0.4, 0.5) is 0 Å². The fourth-order valence-electron chi connectivity index (χ4n) is 1.34. The van der Waals surface area contributed by atoms with Crippen LogP contribution in [0, 0.1) is 6.92 Å². The lowest BCUT2D eigenvalue weighted by molar-refractivity contribution is 0.453. The lowest BCUT2D eigenvalue weighted by Crippen LogP contribution is -1.86. The van der Waals surface area contributed by atoms with Gasteiger partial charge < -0.3 is 9.84 Å². The van der Waals surface area contributed by atoms with E-state index in [0.29, 0.717) is 5.75 Å². The van der Waals surface area contributed by atoms with Gasteiger partial charge in [0.1, 0.15) is 17.2 Å². The number of aromatic hydroxyl groups is 1. The maximum atomic E-state index is 9.28. The predicted octanol–water partition coefficient (Wildman–Crippen LogP) is 3.49. The standard InChI is InChI=1S/C13H12O2/c1-10-5-2-3-8-13(10)15-12-7-4-6-11(14)9-12/h2-9,14H,1H3. The van der Waals surface area contributed by atoms with Crippen molar-refractivity contribution in [3.05, 3.63) is 54.1 Å². The minimum atomic E-state index is 0.209. The quantitative estimate of drug-likeness (QED) is 0.804. The summed E-state index contributed by atoms with van der Waals surface area (Å²) in [7, 11) is 0. The first-order chi connectivity index (χ1) is 7.25. The van der Waals surface area contributed by atoms with Crippen LogP contribution in [0.2, 0.25) is 0 Å². The number of aryl methyl sites for hydroxylation is 1. The topological polar surface area (TPSA) is 29.5 Å². The first-order valence-corrected chi connectivity index (χ1v) is 4.78. The van der Waals surface area contributed by atoms with Crippen molar-refractivity contribution in [2.75, 3.05) is 0 Å². The van der Waals surface area contributed by atoms with Crippen molar-refractivity contribution in [2.24, 2.45) is 0 Å². The van der Waals surface area contributed by atoms with Crippen molar-refractivity contribution in [1.82, 2.24) is 0 Å². The van der Waals surface area contributed by atoms with Crippen LogP contribution < -0.4 is 4.74 Å². The van der Waals surface area contributed by atoms with Crippen LogP contribution in [0.15, 0.2) is 48.5 Å². The zero-order valence-corrected chi connectivity index (χ0v) is 8.47. The Bertz CT molecular complexity index is 464. The molecule has 2 heteroatoms. The van der Waals surface area contributed by atoms with E-state index in [1.165, 1.54) is 0 Å². The van der Waals surface area contributed by atoms with E-state index in [1.54, 1.807) is 18.2 Å². The Morgan fingerprint density at radius 1 is 1.00 bits per heavy atom. The molecule has 76 valence electrons. The lowest BCUT2D eigenvalue weighted by atomic mass is 10.2. The maximum absolute atomic E-state index is 9.28. The Morgan fingerprint density at radius 2 is 1.80 bits per heavy atom. The highest BCUT2D eigenvalue weighted by atomic mass is 16.5. The summed E-state index contributed by atoms with van der Waals surface area (Å²) in [5.74, 6) is 1.66. The molecule has 0 saturated heterocycles. The van der Waals surface area contributed by atoms with Gasteiger partial charge in [0.25, 0.3) is 0 Å². The van der Waals surface area contributed by atoms with Gasteiger partial charge in [-0.2, -0.15) is 0 Å². The second-order valence-corrected chi connectivity index (χ2v) is 3.36. The molecule has 0 saturated carbocycles. The number of ether oxygens (including phenoxy) is 1. The normalized spacial score (nSPS) is 9.93. The maximum Gasteiger partial charge on any atom is 0.131 e. The molecule has 2 rings (SSSR count). The minimum Gasteiger partial charge on any atom is -0.508 e. The number of hydrogen-bond donors (Lipinski definition) is 1. The van der Waals surface area contributed by atoms with E-state index in [1.807, 2.05) is 37.3 Å². The van der Waals surface area contributed by atoms with Gasteiger partial charge in [-0.25, -0.2) is 0 Å². The van der Waals surface area contributed by atoms with Crippen molar-refractivity contribution in [2.45, 2.75) is 6.92 Å². The van der Waals surface area contributed by atoms with E-state index >= 15 is 0 Å². The lowest BCUT2D eigenvalue weighted by Gasteiger charge is -2.08. The summed E-state index contributed by atoms with van der Waals surface area (Å²) < 4.78 is 5.63. The largest absolute Gasteiger partial charge is 0.508 e. The summed E-state index contributed by atoms with van der Waals surface area (Å²) in [5.41, 5.74) is 1.07. The second-order valence-electron chi connectivity index (χ2n) is 3.36. The summed E-state index contributed by atoms with van der Waals surface area (Å²) in [4.78, 5) is 0. The molecule has 0 unspecified atom stereocenters. The van der Waals surface area contributed by atoms with Crippen LogP contribution in [-0.4, -0.2) is 5.11 Å². The van der Waals surface area contributed by atoms with E-state index < -0.39 is 0 Å². The van der Waals surface area contributed by atoms with Crippen LogP contribution in [0.1, 0.15) is 5.56 Å². The number of phenolic OH excluding ortho intramolecular Hbond substituents is 1. The molecule has 0 amide bonds. The summed E-state index contributed by atoms with van der Waals surface area (Å²) in [6.07, 6.45) is 0. The van der Waals surface area contributed by atoms with Crippen molar-refractivity contribution in [3.63, 3.8) is 0 Å². The van der Waals surface area contributed by atoms with Crippen LogP contribution in [0.5, 0.6) is 17.2 Å². The number of benzene rings is 2. The smallest absolute Gasteiger partial charge is 0.131 e. The van der Waals surface area contributed by atoms with Gasteiger partial charge in [0.15, 0.2) is 0 Å². The summed E-state index contributed by atoms with van der Waals surface area (Å²) in [6.45, 7) is 1.98. The monoisotopic (exact) mass is 200 g/mol. The minimum absolute atomic E-state index is 0.209. The molecule has 2 aromatic carbocycles. The van der Waals surface area contributed by atoms with E-state index in [2.05, 4.69) is 0 Å². The van der Waals surface area contributed by atoms with Gasteiger partial charge in [0.2, 0.25) is 0 Å². The Hall–Kier alpha value is -1.96. The van der Waals surface area contributed by atoms with Gasteiger partial charge in [0.05, 0.1) is 0 Å². The molecule has 1 N–H and O–H groups in total. The van der Waals surface area contributed by atoms with Gasteiger partial charge in [-0.05, 0) is 30.7 Å². The molecule has 0 spiro atoms. The molecule has 0 bridgehead atoms. The van der Waals surface area contributed by atoms with Gasteiger partial charge in [0, 0.05) is 6.07 Å². The highest BCUT2D eigenvalue weighted by Gasteiger charge is 2.00. The summed E-state index contributed by atoms with van der Waals surface area (Å²) >= 11 is 0. The SMILES string of the molecule is Cc1ccccc1Oc1cccc(O)c1. The zero-order valence-electron chi connectivity index (χ0n) is 8.47. The van der Waals surface area contributed by atoms with Crippen LogP contribution in [0.25, 0.3) is 0 Å². The Balaban J connectivity index is 2.26. The fourth-order valence-corrected chi connectivity index (χ4v) is 1.34. The van der Waals surface area contributed by atoms with Crippen molar-refractivity contribution < 1.29 is 9.84 Å². The Labute approximate surface area is 88.8 Å². The third kappa shape index (κ3) is 2.29. The molecular weight excluding hydrogens is 188 g/mol. The third-order valence-corrected chi connectivity index (χ3v) is 2.14. The van der Waals surface area contributed by atoms with Gasteiger partial charge in [-0.15, -0.1) is 0 Å². The first-order valence-electron chi connectivity index (χ1n) is 4.78. The molecule has 0 atom stereocenters. The molecule has 2 nitrogen and oxygen atoms in total. The van der Waals surface area contributed by atoms with E-state index in [9.17, 15) is 5.11 Å². The van der Waals surface area contributed by atoms with Crippen LogP contribution in [0.3, 0.4) is 0 Å². The van der Waals surface area contributed by atoms with Crippen LogP contribution >= 0.6 is 0 Å².